The van der Waals surface area contributed by atoms with Gasteiger partial charge >= 0.3 is 0 Å². The Hall–Kier alpha value is -2.24. The lowest BCUT2D eigenvalue weighted by molar-refractivity contribution is -0.127. The average Bonchev–Trinajstić information content (AvgIpc) is 2.58. The fourth-order valence-electron chi connectivity index (χ4n) is 2.05. The summed E-state index contributed by atoms with van der Waals surface area (Å²) in [5.74, 6) is 1.53. The highest BCUT2D eigenvalue weighted by Crippen LogP contribution is 2.18. The first kappa shape index (κ1) is 19.8. The number of nitrogens with one attached hydrogen (secondary N) is 1. The Kier molecular flexibility index (Phi) is 8.09. The number of ether oxygens (including phenoxy) is 1. The number of likely N-dealkylation sites (N-methyl/N-ethyl adjacent to an activating group) is 1. The van der Waals surface area contributed by atoms with E-state index < -0.39 is 0 Å². The van der Waals surface area contributed by atoms with E-state index in [0.29, 0.717) is 12.5 Å². The number of hydrogen-bond donors (Lipinski definition) is 1. The van der Waals surface area contributed by atoms with Crippen molar-refractivity contribution in [3.8, 4) is 5.75 Å². The first-order valence-electron chi connectivity index (χ1n) is 8.23. The van der Waals surface area contributed by atoms with Crippen LogP contribution >= 0.6 is 0 Å². The number of carbonyl (C=O) groups excluding carboxylic acids is 1. The molecule has 0 heterocycles. The number of aliphatic imine (C=N–C) groups is 1. The van der Waals surface area contributed by atoms with Crippen molar-refractivity contribution in [2.75, 3.05) is 34.8 Å². The third-order valence-electron chi connectivity index (χ3n) is 3.81. The van der Waals surface area contributed by atoms with Crippen molar-refractivity contribution in [2.24, 2.45) is 4.99 Å². The molecule has 1 N–H and O–H groups in total. The highest BCUT2D eigenvalue weighted by molar-refractivity contribution is 5.84. The highest BCUT2D eigenvalue weighted by atomic mass is 16.5. The van der Waals surface area contributed by atoms with Gasteiger partial charge in [-0.1, -0.05) is 25.1 Å². The zero-order chi connectivity index (χ0) is 18.1. The van der Waals surface area contributed by atoms with Gasteiger partial charge in [0.05, 0.1) is 7.11 Å². The maximum atomic E-state index is 11.8. The van der Waals surface area contributed by atoms with Gasteiger partial charge in [0.25, 0.3) is 0 Å². The molecule has 6 nitrogen and oxygen atoms in total. The van der Waals surface area contributed by atoms with Gasteiger partial charge < -0.3 is 19.9 Å². The number of hydrogen-bond acceptors (Lipinski definition) is 3. The molecule has 134 valence electrons. The van der Waals surface area contributed by atoms with Gasteiger partial charge in [-0.15, -0.1) is 0 Å². The molecule has 1 aromatic carbocycles. The van der Waals surface area contributed by atoms with Gasteiger partial charge in [-0.05, 0) is 19.4 Å². The summed E-state index contributed by atoms with van der Waals surface area (Å²) in [5.41, 5.74) is 1.07. The normalized spacial score (nSPS) is 12.5. The molecule has 0 radical (unpaired) electrons. The van der Waals surface area contributed by atoms with Gasteiger partial charge in [0.2, 0.25) is 5.91 Å². The molecule has 6 heteroatoms. The molecule has 0 saturated carbocycles. The van der Waals surface area contributed by atoms with E-state index in [1.54, 1.807) is 26.1 Å². The van der Waals surface area contributed by atoms with Crippen molar-refractivity contribution >= 4 is 11.9 Å². The Labute approximate surface area is 145 Å². The summed E-state index contributed by atoms with van der Waals surface area (Å²) in [6.45, 7) is 4.98. The Morgan fingerprint density at radius 3 is 2.54 bits per heavy atom. The van der Waals surface area contributed by atoms with Crippen LogP contribution in [0.1, 0.15) is 25.8 Å². The van der Waals surface area contributed by atoms with E-state index in [2.05, 4.69) is 24.2 Å². The highest BCUT2D eigenvalue weighted by Gasteiger charge is 2.13. The van der Waals surface area contributed by atoms with E-state index in [9.17, 15) is 4.79 Å². The van der Waals surface area contributed by atoms with Crippen molar-refractivity contribution in [2.45, 2.75) is 32.9 Å². The van der Waals surface area contributed by atoms with Crippen molar-refractivity contribution in [3.05, 3.63) is 29.8 Å². The lowest BCUT2D eigenvalue weighted by atomic mass is 10.2. The SMILES string of the molecule is CCC(C)NC(=NCC(=O)N(C)C)N(C)Cc1ccccc1OC. The quantitative estimate of drug-likeness (QED) is 0.612. The van der Waals surface area contributed by atoms with Crippen molar-refractivity contribution < 1.29 is 9.53 Å². The van der Waals surface area contributed by atoms with Crippen LogP contribution in [0.4, 0.5) is 0 Å². The number of amides is 1. The van der Waals surface area contributed by atoms with Crippen molar-refractivity contribution in [1.29, 1.82) is 0 Å². The second kappa shape index (κ2) is 9.80. The molecule has 1 unspecified atom stereocenters. The summed E-state index contributed by atoms with van der Waals surface area (Å²) in [7, 11) is 7.10. The molecule has 0 bridgehead atoms. The van der Waals surface area contributed by atoms with E-state index in [-0.39, 0.29) is 18.5 Å². The summed E-state index contributed by atoms with van der Waals surface area (Å²) in [5, 5.41) is 3.38. The van der Waals surface area contributed by atoms with Crippen LogP contribution in [-0.4, -0.2) is 62.5 Å². The summed E-state index contributed by atoms with van der Waals surface area (Å²) in [6.07, 6.45) is 0.975. The minimum Gasteiger partial charge on any atom is -0.496 e. The molecule has 0 fully saturated rings. The van der Waals surface area contributed by atoms with E-state index in [0.717, 1.165) is 17.7 Å². The molecule has 0 saturated heterocycles. The smallest absolute Gasteiger partial charge is 0.243 e. The first-order valence-corrected chi connectivity index (χ1v) is 8.23. The molecule has 0 spiro atoms. The molecule has 1 amide bonds. The molecule has 0 aromatic heterocycles. The molecule has 1 aromatic rings. The minimum absolute atomic E-state index is 0.0239. The number of rotatable bonds is 7. The van der Waals surface area contributed by atoms with Crippen LogP contribution in [0.2, 0.25) is 0 Å². The van der Waals surface area contributed by atoms with E-state index >= 15 is 0 Å². The largest absolute Gasteiger partial charge is 0.496 e. The maximum absolute atomic E-state index is 11.8. The molecule has 0 aliphatic rings. The van der Waals surface area contributed by atoms with Crippen LogP contribution in [-0.2, 0) is 11.3 Å². The van der Waals surface area contributed by atoms with E-state index in [4.69, 9.17) is 4.74 Å². The summed E-state index contributed by atoms with van der Waals surface area (Å²) in [4.78, 5) is 19.9. The number of benzene rings is 1. The number of methoxy groups -OCH3 is 1. The third kappa shape index (κ3) is 6.10. The first-order chi connectivity index (χ1) is 11.4. The summed E-state index contributed by atoms with van der Waals surface area (Å²) in [6, 6.07) is 8.18. The van der Waals surface area contributed by atoms with Crippen molar-refractivity contribution in [3.63, 3.8) is 0 Å². The molecule has 1 atom stereocenters. The zero-order valence-corrected chi connectivity index (χ0v) is 15.7. The fraction of sp³-hybridized carbons (Fsp3) is 0.556. The third-order valence-corrected chi connectivity index (χ3v) is 3.81. The van der Waals surface area contributed by atoms with Crippen LogP contribution in [0.3, 0.4) is 0 Å². The van der Waals surface area contributed by atoms with Gasteiger partial charge in [0.15, 0.2) is 5.96 Å². The number of carbonyl (C=O) groups is 1. The standard InChI is InChI=1S/C18H30N4O2/c1-7-14(2)20-18(19-12-17(23)21(3)4)22(5)13-15-10-8-9-11-16(15)24-6/h8-11,14H,7,12-13H2,1-6H3,(H,19,20). The van der Waals surface area contributed by atoms with E-state index in [1.807, 2.05) is 36.2 Å². The van der Waals surface area contributed by atoms with Gasteiger partial charge in [-0.2, -0.15) is 0 Å². The fourth-order valence-corrected chi connectivity index (χ4v) is 2.05. The lowest BCUT2D eigenvalue weighted by Crippen LogP contribution is -2.43. The van der Waals surface area contributed by atoms with Crippen LogP contribution in [0.15, 0.2) is 29.3 Å². The van der Waals surface area contributed by atoms with Crippen LogP contribution in [0.25, 0.3) is 0 Å². The van der Waals surface area contributed by atoms with Gasteiger partial charge in [-0.25, -0.2) is 4.99 Å². The van der Waals surface area contributed by atoms with Crippen LogP contribution in [0.5, 0.6) is 5.75 Å². The number of nitrogens with zero attached hydrogens (tertiary/aromatic N) is 3. The molecule has 24 heavy (non-hydrogen) atoms. The number of para-hydroxylation sites is 1. The van der Waals surface area contributed by atoms with Gasteiger partial charge in [-0.3, -0.25) is 4.79 Å². The van der Waals surface area contributed by atoms with Crippen LogP contribution in [0, 0.1) is 0 Å². The Morgan fingerprint density at radius 1 is 1.29 bits per heavy atom. The molecule has 0 aliphatic heterocycles. The second-order valence-corrected chi connectivity index (χ2v) is 6.05. The summed E-state index contributed by atoms with van der Waals surface area (Å²) >= 11 is 0. The monoisotopic (exact) mass is 334 g/mol. The number of guanidine groups is 1. The average molecular weight is 334 g/mol. The zero-order valence-electron chi connectivity index (χ0n) is 15.7. The van der Waals surface area contributed by atoms with Gasteiger partial charge in [0, 0.05) is 39.3 Å². The lowest BCUT2D eigenvalue weighted by Gasteiger charge is -2.26. The van der Waals surface area contributed by atoms with Gasteiger partial charge in [0.1, 0.15) is 12.3 Å². The second-order valence-electron chi connectivity index (χ2n) is 6.05. The molecule has 0 aliphatic carbocycles. The van der Waals surface area contributed by atoms with E-state index in [1.165, 1.54) is 0 Å². The van der Waals surface area contributed by atoms with Crippen molar-refractivity contribution in [1.82, 2.24) is 15.1 Å². The molecular weight excluding hydrogens is 304 g/mol. The Morgan fingerprint density at radius 2 is 1.96 bits per heavy atom. The summed E-state index contributed by atoms with van der Waals surface area (Å²) < 4.78 is 5.41. The minimum atomic E-state index is -0.0239. The maximum Gasteiger partial charge on any atom is 0.243 e. The predicted molar refractivity (Wildman–Crippen MR) is 98.3 cm³/mol. The van der Waals surface area contributed by atoms with Crippen LogP contribution < -0.4 is 10.1 Å². The molecule has 1 rings (SSSR count). The topological polar surface area (TPSA) is 57.2 Å². The Balaban J connectivity index is 2.91. The Bertz CT molecular complexity index is 558. The predicted octanol–water partition coefficient (Wildman–Crippen LogP) is 1.96. The molecular formula is C18H30N4O2.